The van der Waals surface area contributed by atoms with Gasteiger partial charge in [0.05, 0.1) is 13.7 Å². The Hall–Kier alpha value is -2.03. The van der Waals surface area contributed by atoms with Gasteiger partial charge in [0.15, 0.2) is 5.96 Å². The molecule has 2 N–H and O–H groups in total. The van der Waals surface area contributed by atoms with Crippen molar-refractivity contribution < 1.29 is 9.47 Å². The predicted molar refractivity (Wildman–Crippen MR) is 116 cm³/mol. The molecule has 7 heteroatoms. The number of hydrogen-bond donors (Lipinski definition) is 2. The minimum absolute atomic E-state index is 0. The van der Waals surface area contributed by atoms with E-state index in [-0.39, 0.29) is 24.0 Å². The molecule has 0 amide bonds. The normalized spacial score (nSPS) is 10.7. The van der Waals surface area contributed by atoms with Crippen LogP contribution in [-0.2, 0) is 13.0 Å². The third-order valence-corrected chi connectivity index (χ3v) is 3.67. The van der Waals surface area contributed by atoms with Crippen molar-refractivity contribution in [1.29, 1.82) is 0 Å². The fourth-order valence-electron chi connectivity index (χ4n) is 2.34. The number of ether oxygens (including phenoxy) is 2. The van der Waals surface area contributed by atoms with Crippen LogP contribution in [-0.4, -0.2) is 38.3 Å². The number of aromatic nitrogens is 1. The Kier molecular flexibility index (Phi) is 10.5. The van der Waals surface area contributed by atoms with Gasteiger partial charge in [0.2, 0.25) is 5.88 Å². The molecular formula is C19H27IN4O2. The molecule has 142 valence electrons. The number of methoxy groups -OCH3 is 1. The molecule has 0 aliphatic rings. The number of hydrogen-bond acceptors (Lipinski definition) is 4. The summed E-state index contributed by atoms with van der Waals surface area (Å²) in [5, 5.41) is 6.60. The summed E-state index contributed by atoms with van der Waals surface area (Å²) in [4.78, 5) is 8.51. The zero-order chi connectivity index (χ0) is 17.9. The Morgan fingerprint density at radius 2 is 1.92 bits per heavy atom. The van der Waals surface area contributed by atoms with Gasteiger partial charge in [0.1, 0.15) is 5.75 Å². The van der Waals surface area contributed by atoms with E-state index in [0.717, 1.165) is 30.2 Å². The zero-order valence-electron chi connectivity index (χ0n) is 15.5. The number of nitrogens with one attached hydrogen (secondary N) is 2. The second-order valence-electron chi connectivity index (χ2n) is 5.35. The average molecular weight is 470 g/mol. The van der Waals surface area contributed by atoms with Gasteiger partial charge < -0.3 is 20.1 Å². The highest BCUT2D eigenvalue weighted by Gasteiger charge is 2.05. The van der Waals surface area contributed by atoms with E-state index in [0.29, 0.717) is 19.0 Å². The highest BCUT2D eigenvalue weighted by Crippen LogP contribution is 2.13. The first-order chi connectivity index (χ1) is 12.3. The molecule has 1 aromatic heterocycles. The van der Waals surface area contributed by atoms with Gasteiger partial charge >= 0.3 is 0 Å². The lowest BCUT2D eigenvalue weighted by Gasteiger charge is -2.13. The Balaban J connectivity index is 0.00000338. The first-order valence-electron chi connectivity index (χ1n) is 8.41. The van der Waals surface area contributed by atoms with Crippen molar-refractivity contribution in [3.63, 3.8) is 0 Å². The zero-order valence-corrected chi connectivity index (χ0v) is 17.8. The van der Waals surface area contributed by atoms with E-state index >= 15 is 0 Å². The fourth-order valence-corrected chi connectivity index (χ4v) is 2.34. The van der Waals surface area contributed by atoms with Crippen molar-refractivity contribution in [3.05, 3.63) is 53.7 Å². The second kappa shape index (κ2) is 12.3. The number of nitrogens with zero attached hydrogens (tertiary/aromatic N) is 2. The maximum atomic E-state index is 5.54. The maximum Gasteiger partial charge on any atom is 0.218 e. The summed E-state index contributed by atoms with van der Waals surface area (Å²) in [5.74, 6) is 2.28. The SMILES string of the molecule is CCOc1ncccc1CNC(=NC)NCCc1ccc(OC)cc1.I. The third kappa shape index (κ3) is 7.07. The van der Waals surface area contributed by atoms with Gasteiger partial charge in [0.25, 0.3) is 0 Å². The molecule has 0 spiro atoms. The first kappa shape index (κ1) is 22.0. The van der Waals surface area contributed by atoms with Crippen molar-refractivity contribution in [2.45, 2.75) is 19.9 Å². The predicted octanol–water partition coefficient (Wildman–Crippen LogP) is 3.01. The lowest BCUT2D eigenvalue weighted by atomic mass is 10.1. The van der Waals surface area contributed by atoms with E-state index in [9.17, 15) is 0 Å². The maximum absolute atomic E-state index is 5.54. The van der Waals surface area contributed by atoms with Gasteiger partial charge in [-0.15, -0.1) is 24.0 Å². The summed E-state index contributed by atoms with van der Waals surface area (Å²) in [7, 11) is 3.43. The van der Waals surface area contributed by atoms with Gasteiger partial charge in [-0.1, -0.05) is 18.2 Å². The van der Waals surface area contributed by atoms with Crippen molar-refractivity contribution in [2.75, 3.05) is 27.3 Å². The van der Waals surface area contributed by atoms with E-state index in [1.807, 2.05) is 31.2 Å². The molecule has 1 heterocycles. The monoisotopic (exact) mass is 470 g/mol. The van der Waals surface area contributed by atoms with Crippen LogP contribution in [0.2, 0.25) is 0 Å². The number of guanidine groups is 1. The summed E-state index contributed by atoms with van der Waals surface area (Å²) < 4.78 is 10.7. The molecule has 1 aromatic carbocycles. The van der Waals surface area contributed by atoms with Crippen LogP contribution in [0, 0.1) is 0 Å². The van der Waals surface area contributed by atoms with Crippen molar-refractivity contribution >= 4 is 29.9 Å². The lowest BCUT2D eigenvalue weighted by Crippen LogP contribution is -2.38. The number of halogens is 1. The quantitative estimate of drug-likeness (QED) is 0.353. The lowest BCUT2D eigenvalue weighted by molar-refractivity contribution is 0.322. The number of rotatable bonds is 8. The summed E-state index contributed by atoms with van der Waals surface area (Å²) in [6, 6.07) is 12.0. The van der Waals surface area contributed by atoms with Crippen molar-refractivity contribution in [3.8, 4) is 11.6 Å². The van der Waals surface area contributed by atoms with Gasteiger partial charge in [-0.25, -0.2) is 4.98 Å². The molecule has 6 nitrogen and oxygen atoms in total. The molecule has 0 radical (unpaired) electrons. The van der Waals surface area contributed by atoms with Crippen LogP contribution in [0.3, 0.4) is 0 Å². The van der Waals surface area contributed by atoms with E-state index < -0.39 is 0 Å². The van der Waals surface area contributed by atoms with Crippen LogP contribution >= 0.6 is 24.0 Å². The van der Waals surface area contributed by atoms with E-state index in [4.69, 9.17) is 9.47 Å². The summed E-state index contributed by atoms with van der Waals surface area (Å²) in [5.41, 5.74) is 2.25. The smallest absolute Gasteiger partial charge is 0.218 e. The van der Waals surface area contributed by atoms with Gasteiger partial charge in [-0.3, -0.25) is 4.99 Å². The number of aliphatic imine (C=N–C) groups is 1. The molecule has 0 atom stereocenters. The third-order valence-electron chi connectivity index (χ3n) is 3.67. The van der Waals surface area contributed by atoms with Crippen LogP contribution in [0.15, 0.2) is 47.6 Å². The molecule has 0 aliphatic heterocycles. The van der Waals surface area contributed by atoms with Crippen molar-refractivity contribution in [2.24, 2.45) is 4.99 Å². The van der Waals surface area contributed by atoms with Gasteiger partial charge in [0, 0.05) is 31.9 Å². The van der Waals surface area contributed by atoms with Gasteiger partial charge in [-0.05, 0) is 37.1 Å². The standard InChI is InChI=1S/C19H26N4O2.HI/c1-4-25-18-16(6-5-12-21-18)14-23-19(20-2)22-13-11-15-7-9-17(24-3)10-8-15;/h5-10,12H,4,11,13-14H2,1-3H3,(H2,20,22,23);1H. The van der Waals surface area contributed by atoms with Crippen LogP contribution in [0.5, 0.6) is 11.6 Å². The highest BCUT2D eigenvalue weighted by atomic mass is 127. The second-order valence-corrected chi connectivity index (χ2v) is 5.35. The van der Waals surface area contributed by atoms with Crippen molar-refractivity contribution in [1.82, 2.24) is 15.6 Å². The number of benzene rings is 1. The fraction of sp³-hybridized carbons (Fsp3) is 0.368. The van der Waals surface area contributed by atoms with Crippen LogP contribution in [0.25, 0.3) is 0 Å². The van der Waals surface area contributed by atoms with E-state index in [1.54, 1.807) is 20.4 Å². The molecule has 2 aromatic rings. The number of pyridine rings is 1. The molecule has 26 heavy (non-hydrogen) atoms. The first-order valence-corrected chi connectivity index (χ1v) is 8.41. The van der Waals surface area contributed by atoms with E-state index in [1.165, 1.54) is 5.56 Å². The summed E-state index contributed by atoms with van der Waals surface area (Å²) in [6.45, 7) is 3.94. The van der Waals surface area contributed by atoms with Crippen LogP contribution in [0.1, 0.15) is 18.1 Å². The van der Waals surface area contributed by atoms with E-state index in [2.05, 4.69) is 32.7 Å². The molecule has 0 saturated heterocycles. The molecule has 2 rings (SSSR count). The summed E-state index contributed by atoms with van der Waals surface area (Å²) in [6.07, 6.45) is 2.64. The minimum Gasteiger partial charge on any atom is -0.497 e. The topological polar surface area (TPSA) is 67.8 Å². The molecule has 0 saturated carbocycles. The Labute approximate surface area is 172 Å². The largest absolute Gasteiger partial charge is 0.497 e. The summed E-state index contributed by atoms with van der Waals surface area (Å²) >= 11 is 0. The highest BCUT2D eigenvalue weighted by molar-refractivity contribution is 14.0. The molecule has 0 unspecified atom stereocenters. The Bertz CT molecular complexity index is 677. The van der Waals surface area contributed by atoms with Crippen LogP contribution in [0.4, 0.5) is 0 Å². The van der Waals surface area contributed by atoms with Gasteiger partial charge in [-0.2, -0.15) is 0 Å². The molecule has 0 bridgehead atoms. The molecule has 0 fully saturated rings. The molecular weight excluding hydrogens is 443 g/mol. The Morgan fingerprint density at radius 3 is 2.58 bits per heavy atom. The minimum atomic E-state index is 0. The van der Waals surface area contributed by atoms with Crippen LogP contribution < -0.4 is 20.1 Å². The average Bonchev–Trinajstić information content (AvgIpc) is 2.66. The Morgan fingerprint density at radius 1 is 1.15 bits per heavy atom. The molecule has 0 aliphatic carbocycles.